The fraction of sp³-hybridized carbons (Fsp3) is 0.222. The van der Waals surface area contributed by atoms with E-state index in [1.807, 2.05) is 0 Å². The third kappa shape index (κ3) is 2.24. The van der Waals surface area contributed by atoms with Crippen molar-refractivity contribution >= 4 is 5.57 Å². The second kappa shape index (κ2) is 5.22. The van der Waals surface area contributed by atoms with Gasteiger partial charge >= 0.3 is 0 Å². The van der Waals surface area contributed by atoms with Gasteiger partial charge in [-0.15, -0.1) is 0 Å². The Kier molecular flexibility index (Phi) is 3.27. The van der Waals surface area contributed by atoms with Gasteiger partial charge in [0.1, 0.15) is 0 Å². The van der Waals surface area contributed by atoms with E-state index in [1.165, 1.54) is 42.4 Å². The van der Waals surface area contributed by atoms with Gasteiger partial charge in [0.05, 0.1) is 0 Å². The largest absolute Gasteiger partial charge is 0.0622 e. The third-order valence-electron chi connectivity index (χ3n) is 3.69. The van der Waals surface area contributed by atoms with Crippen LogP contribution in [0.25, 0.3) is 5.57 Å². The molecule has 0 unspecified atom stereocenters. The highest BCUT2D eigenvalue weighted by atomic mass is 14.2. The van der Waals surface area contributed by atoms with Gasteiger partial charge in [-0.3, -0.25) is 0 Å². The molecule has 0 atom stereocenters. The van der Waals surface area contributed by atoms with Gasteiger partial charge in [-0.1, -0.05) is 66.2 Å². The molecule has 3 rings (SSSR count). The van der Waals surface area contributed by atoms with E-state index in [-0.39, 0.29) is 0 Å². The summed E-state index contributed by atoms with van der Waals surface area (Å²) in [4.78, 5) is 0. The van der Waals surface area contributed by atoms with Gasteiger partial charge in [-0.2, -0.15) is 0 Å². The second-order valence-electron chi connectivity index (χ2n) is 4.92. The van der Waals surface area contributed by atoms with Gasteiger partial charge in [-0.05, 0) is 42.4 Å². The van der Waals surface area contributed by atoms with E-state index < -0.39 is 0 Å². The summed E-state index contributed by atoms with van der Waals surface area (Å²) >= 11 is 0. The van der Waals surface area contributed by atoms with Crippen LogP contribution < -0.4 is 0 Å². The number of hydrogen-bond donors (Lipinski definition) is 0. The topological polar surface area (TPSA) is 0 Å². The maximum absolute atomic E-state index is 2.23. The molecular weight excluding hydrogens is 216 g/mol. The molecule has 0 bridgehead atoms. The average molecular weight is 234 g/mol. The standard InChI is InChI=1S/C18H18/c1-3-9-15(10-4-1)18(17-13-7-8-14-17)16-11-5-2-6-12-16/h1-6,9-12H,7-8,13-14H2. The van der Waals surface area contributed by atoms with Gasteiger partial charge in [-0.25, -0.2) is 0 Å². The fourth-order valence-electron chi connectivity index (χ4n) is 2.84. The fourth-order valence-corrected chi connectivity index (χ4v) is 2.84. The van der Waals surface area contributed by atoms with Gasteiger partial charge in [0, 0.05) is 0 Å². The zero-order chi connectivity index (χ0) is 12.2. The summed E-state index contributed by atoms with van der Waals surface area (Å²) < 4.78 is 0. The molecule has 0 spiro atoms. The van der Waals surface area contributed by atoms with Crippen molar-refractivity contribution in [3.63, 3.8) is 0 Å². The van der Waals surface area contributed by atoms with Gasteiger partial charge in [0.25, 0.3) is 0 Å². The second-order valence-corrected chi connectivity index (χ2v) is 4.92. The van der Waals surface area contributed by atoms with E-state index in [0.717, 1.165) is 0 Å². The molecule has 1 saturated carbocycles. The molecule has 1 fully saturated rings. The lowest BCUT2D eigenvalue weighted by Gasteiger charge is -2.12. The van der Waals surface area contributed by atoms with E-state index in [1.54, 1.807) is 5.57 Å². The first-order chi connectivity index (χ1) is 8.95. The van der Waals surface area contributed by atoms with E-state index in [9.17, 15) is 0 Å². The molecular formula is C18H18. The Morgan fingerprint density at radius 3 is 1.50 bits per heavy atom. The van der Waals surface area contributed by atoms with E-state index in [2.05, 4.69) is 60.7 Å². The van der Waals surface area contributed by atoms with Gasteiger partial charge in [0.15, 0.2) is 0 Å². The number of rotatable bonds is 2. The molecule has 1 aliphatic rings. The Hall–Kier alpha value is -1.82. The number of benzene rings is 2. The summed E-state index contributed by atoms with van der Waals surface area (Å²) in [5, 5.41) is 0. The molecule has 1 aliphatic carbocycles. The Morgan fingerprint density at radius 1 is 0.611 bits per heavy atom. The first-order valence-corrected chi connectivity index (χ1v) is 6.78. The molecule has 0 saturated heterocycles. The summed E-state index contributed by atoms with van der Waals surface area (Å²) in [6.07, 6.45) is 5.22. The summed E-state index contributed by atoms with van der Waals surface area (Å²) in [5.41, 5.74) is 5.82. The van der Waals surface area contributed by atoms with Crippen molar-refractivity contribution in [2.75, 3.05) is 0 Å². The highest BCUT2D eigenvalue weighted by molar-refractivity contribution is 5.82. The van der Waals surface area contributed by atoms with Crippen LogP contribution in [0.3, 0.4) is 0 Å². The lowest BCUT2D eigenvalue weighted by Crippen LogP contribution is -1.91. The van der Waals surface area contributed by atoms with Crippen LogP contribution in [0.4, 0.5) is 0 Å². The predicted molar refractivity (Wildman–Crippen MR) is 77.4 cm³/mol. The monoisotopic (exact) mass is 234 g/mol. The Morgan fingerprint density at radius 2 is 1.06 bits per heavy atom. The lowest BCUT2D eigenvalue weighted by molar-refractivity contribution is 0.886. The summed E-state index contributed by atoms with van der Waals surface area (Å²) in [7, 11) is 0. The van der Waals surface area contributed by atoms with Crippen LogP contribution >= 0.6 is 0 Å². The van der Waals surface area contributed by atoms with Crippen molar-refractivity contribution in [3.8, 4) is 0 Å². The SMILES string of the molecule is c1ccc(C(=C2CCCC2)c2ccccc2)cc1. The Labute approximate surface area is 109 Å². The molecule has 2 aromatic carbocycles. The molecule has 0 nitrogen and oxygen atoms in total. The minimum absolute atomic E-state index is 1.26. The molecule has 2 aromatic rings. The summed E-state index contributed by atoms with van der Waals surface area (Å²) in [5.74, 6) is 0. The van der Waals surface area contributed by atoms with E-state index in [0.29, 0.717) is 0 Å². The molecule has 0 aliphatic heterocycles. The predicted octanol–water partition coefficient (Wildman–Crippen LogP) is 5.06. The quantitative estimate of drug-likeness (QED) is 0.681. The molecule has 0 heteroatoms. The van der Waals surface area contributed by atoms with E-state index >= 15 is 0 Å². The lowest BCUT2D eigenvalue weighted by atomic mass is 9.92. The molecule has 0 radical (unpaired) electrons. The van der Waals surface area contributed by atoms with E-state index in [4.69, 9.17) is 0 Å². The highest BCUT2D eigenvalue weighted by Crippen LogP contribution is 2.35. The minimum atomic E-state index is 1.26. The van der Waals surface area contributed by atoms with Crippen LogP contribution in [0, 0.1) is 0 Å². The number of allylic oxidation sites excluding steroid dienone is 1. The van der Waals surface area contributed by atoms with Crippen molar-refractivity contribution in [2.24, 2.45) is 0 Å². The third-order valence-corrected chi connectivity index (χ3v) is 3.69. The molecule has 0 amide bonds. The first kappa shape index (κ1) is 11.3. The van der Waals surface area contributed by atoms with Crippen molar-refractivity contribution in [1.82, 2.24) is 0 Å². The number of hydrogen-bond acceptors (Lipinski definition) is 0. The van der Waals surface area contributed by atoms with Crippen LogP contribution in [0.5, 0.6) is 0 Å². The van der Waals surface area contributed by atoms with Crippen LogP contribution in [-0.4, -0.2) is 0 Å². The van der Waals surface area contributed by atoms with Crippen molar-refractivity contribution in [1.29, 1.82) is 0 Å². The van der Waals surface area contributed by atoms with Gasteiger partial charge < -0.3 is 0 Å². The maximum atomic E-state index is 2.23. The molecule has 0 N–H and O–H groups in total. The summed E-state index contributed by atoms with van der Waals surface area (Å²) in [6.45, 7) is 0. The van der Waals surface area contributed by atoms with Gasteiger partial charge in [0.2, 0.25) is 0 Å². The Balaban J connectivity index is 2.14. The smallest absolute Gasteiger partial charge is 0.0119 e. The first-order valence-electron chi connectivity index (χ1n) is 6.78. The molecule has 0 aromatic heterocycles. The Bertz CT molecular complexity index is 485. The zero-order valence-electron chi connectivity index (χ0n) is 10.6. The van der Waals surface area contributed by atoms with Crippen molar-refractivity contribution < 1.29 is 0 Å². The average Bonchev–Trinajstić information content (AvgIpc) is 2.95. The van der Waals surface area contributed by atoms with Crippen LogP contribution in [0.2, 0.25) is 0 Å². The zero-order valence-corrected chi connectivity index (χ0v) is 10.6. The summed E-state index contributed by atoms with van der Waals surface area (Å²) in [6, 6.07) is 21.6. The molecule has 0 heterocycles. The minimum Gasteiger partial charge on any atom is -0.0622 e. The molecule has 90 valence electrons. The maximum Gasteiger partial charge on any atom is -0.0119 e. The normalized spacial score (nSPS) is 14.8. The van der Waals surface area contributed by atoms with Crippen molar-refractivity contribution in [2.45, 2.75) is 25.7 Å². The van der Waals surface area contributed by atoms with Crippen LogP contribution in [0.1, 0.15) is 36.8 Å². The van der Waals surface area contributed by atoms with Crippen LogP contribution in [0.15, 0.2) is 66.2 Å². The highest BCUT2D eigenvalue weighted by Gasteiger charge is 2.15. The van der Waals surface area contributed by atoms with Crippen LogP contribution in [-0.2, 0) is 0 Å². The van der Waals surface area contributed by atoms with Crippen molar-refractivity contribution in [3.05, 3.63) is 77.4 Å². The molecule has 18 heavy (non-hydrogen) atoms.